The molecule has 0 bridgehead atoms. The molecule has 1 heterocycles. The summed E-state index contributed by atoms with van der Waals surface area (Å²) < 4.78 is 0. The largest absolute Gasteiger partial charge is 0.315 e. The van der Waals surface area contributed by atoms with Gasteiger partial charge in [-0.15, -0.1) is 12.6 Å². The van der Waals surface area contributed by atoms with Crippen molar-refractivity contribution >= 4 is 12.6 Å². The minimum Gasteiger partial charge on any atom is -0.315 e. The molecule has 0 saturated heterocycles. The summed E-state index contributed by atoms with van der Waals surface area (Å²) in [5.41, 5.74) is 2.42. The first-order valence-electron chi connectivity index (χ1n) is 7.11. The van der Waals surface area contributed by atoms with Crippen LogP contribution < -0.4 is 5.56 Å². The summed E-state index contributed by atoms with van der Waals surface area (Å²) >= 11 is 4.16. The summed E-state index contributed by atoms with van der Waals surface area (Å²) in [7, 11) is 0. The van der Waals surface area contributed by atoms with Crippen molar-refractivity contribution in [3.8, 4) is 34.4 Å². The van der Waals surface area contributed by atoms with Crippen molar-refractivity contribution in [2.45, 2.75) is 5.03 Å². The molecule has 3 rings (SSSR count). The van der Waals surface area contributed by atoms with E-state index < -0.39 is 5.56 Å². The summed E-state index contributed by atoms with van der Waals surface area (Å²) in [4.78, 5) is 14.5. The van der Waals surface area contributed by atoms with Gasteiger partial charge in [-0.1, -0.05) is 48.5 Å². The summed E-state index contributed by atoms with van der Waals surface area (Å²) in [5, 5.41) is 18.9. The predicted molar refractivity (Wildman–Crippen MR) is 94.6 cm³/mol. The van der Waals surface area contributed by atoms with Gasteiger partial charge in [0.15, 0.2) is 0 Å². The number of aromatic amines is 1. The number of rotatable bonds is 2. The molecule has 0 aliphatic rings. The molecule has 3 aromatic rings. The molecule has 0 atom stereocenters. The maximum absolute atomic E-state index is 12.1. The molecule has 2 aromatic carbocycles. The van der Waals surface area contributed by atoms with E-state index in [1.807, 2.05) is 60.7 Å². The minimum atomic E-state index is -0.554. The van der Waals surface area contributed by atoms with Crippen LogP contribution in [-0.4, -0.2) is 4.98 Å². The molecule has 0 fully saturated rings. The second-order valence-electron chi connectivity index (χ2n) is 5.10. The van der Waals surface area contributed by atoms with Gasteiger partial charge in [-0.2, -0.15) is 10.5 Å². The van der Waals surface area contributed by atoms with E-state index >= 15 is 0 Å². The smallest absolute Gasteiger partial charge is 0.267 e. The molecular formula is C19H11N3OS. The Kier molecular flexibility index (Phi) is 4.20. The highest BCUT2D eigenvalue weighted by molar-refractivity contribution is 7.80. The number of pyridine rings is 1. The number of aromatic nitrogens is 1. The van der Waals surface area contributed by atoms with Gasteiger partial charge in [-0.05, 0) is 22.8 Å². The standard InChI is InChI=1S/C19H11N3OS/c20-10-15-17(16(11-21)19(24)22-18(15)23)14-8-4-7-13(9-14)12-5-2-1-3-6-12/h1-9H,(H2,22,23,24). The highest BCUT2D eigenvalue weighted by Gasteiger charge is 2.18. The average Bonchev–Trinajstić information content (AvgIpc) is 2.62. The van der Waals surface area contributed by atoms with Crippen molar-refractivity contribution in [2.75, 3.05) is 0 Å². The minimum absolute atomic E-state index is 0.0884. The number of nitrogens with one attached hydrogen (secondary N) is 1. The lowest BCUT2D eigenvalue weighted by Crippen LogP contribution is -2.14. The van der Waals surface area contributed by atoms with Gasteiger partial charge >= 0.3 is 0 Å². The van der Waals surface area contributed by atoms with Gasteiger partial charge in [0, 0.05) is 5.56 Å². The van der Waals surface area contributed by atoms with Gasteiger partial charge in [0.2, 0.25) is 0 Å². The first-order chi connectivity index (χ1) is 11.7. The number of hydrogen-bond donors (Lipinski definition) is 2. The second kappa shape index (κ2) is 6.45. The van der Waals surface area contributed by atoms with Gasteiger partial charge in [-0.3, -0.25) is 4.79 Å². The summed E-state index contributed by atoms with van der Waals surface area (Å²) in [5.74, 6) is 0. The fraction of sp³-hybridized carbons (Fsp3) is 0. The number of nitriles is 2. The SMILES string of the molecule is N#Cc1c(S)[nH]c(=O)c(C#N)c1-c1cccc(-c2ccccc2)c1. The molecule has 4 nitrogen and oxygen atoms in total. The van der Waals surface area contributed by atoms with Gasteiger partial charge in [0.25, 0.3) is 5.56 Å². The Balaban J connectivity index is 2.30. The average molecular weight is 329 g/mol. The van der Waals surface area contributed by atoms with Gasteiger partial charge in [0.05, 0.1) is 10.6 Å². The Hall–Kier alpha value is -3.28. The van der Waals surface area contributed by atoms with E-state index in [-0.39, 0.29) is 16.2 Å². The lowest BCUT2D eigenvalue weighted by Gasteiger charge is -2.10. The predicted octanol–water partition coefficient (Wildman–Crippen LogP) is 3.74. The van der Waals surface area contributed by atoms with Crippen LogP contribution in [0.3, 0.4) is 0 Å². The quantitative estimate of drug-likeness (QED) is 0.703. The first-order valence-corrected chi connectivity index (χ1v) is 7.55. The third-order valence-electron chi connectivity index (χ3n) is 3.68. The van der Waals surface area contributed by atoms with Crippen molar-refractivity contribution in [2.24, 2.45) is 0 Å². The van der Waals surface area contributed by atoms with E-state index in [1.165, 1.54) is 0 Å². The Morgan fingerprint density at radius 2 is 1.46 bits per heavy atom. The Bertz CT molecular complexity index is 1060. The molecule has 1 N–H and O–H groups in total. The molecule has 0 aliphatic carbocycles. The molecule has 5 heteroatoms. The normalized spacial score (nSPS) is 9.96. The van der Waals surface area contributed by atoms with Crippen molar-refractivity contribution in [3.05, 3.63) is 76.1 Å². The first kappa shape index (κ1) is 15.6. The molecule has 0 radical (unpaired) electrons. The number of nitrogens with zero attached hydrogens (tertiary/aromatic N) is 2. The van der Waals surface area contributed by atoms with E-state index in [9.17, 15) is 15.3 Å². The fourth-order valence-electron chi connectivity index (χ4n) is 2.58. The zero-order valence-electron chi connectivity index (χ0n) is 12.4. The van der Waals surface area contributed by atoms with Crippen LogP contribution in [0.5, 0.6) is 0 Å². The van der Waals surface area contributed by atoms with E-state index in [2.05, 4.69) is 17.6 Å². The van der Waals surface area contributed by atoms with E-state index in [0.29, 0.717) is 11.1 Å². The molecule has 114 valence electrons. The maximum atomic E-state index is 12.1. The number of thiol groups is 1. The van der Waals surface area contributed by atoms with Crippen LogP contribution in [0.25, 0.3) is 22.3 Å². The van der Waals surface area contributed by atoms with Crippen LogP contribution >= 0.6 is 12.6 Å². The monoisotopic (exact) mass is 329 g/mol. The highest BCUT2D eigenvalue weighted by Crippen LogP contribution is 2.31. The van der Waals surface area contributed by atoms with Crippen molar-refractivity contribution in [3.63, 3.8) is 0 Å². The van der Waals surface area contributed by atoms with Crippen LogP contribution in [0.2, 0.25) is 0 Å². The van der Waals surface area contributed by atoms with Crippen LogP contribution in [0.15, 0.2) is 64.4 Å². The highest BCUT2D eigenvalue weighted by atomic mass is 32.1. The van der Waals surface area contributed by atoms with Crippen molar-refractivity contribution in [1.82, 2.24) is 4.98 Å². The van der Waals surface area contributed by atoms with Crippen LogP contribution in [0.4, 0.5) is 0 Å². The molecule has 0 saturated carbocycles. The van der Waals surface area contributed by atoms with E-state index in [1.54, 1.807) is 6.07 Å². The van der Waals surface area contributed by atoms with Crippen LogP contribution in [0.1, 0.15) is 11.1 Å². The number of benzene rings is 2. The van der Waals surface area contributed by atoms with E-state index in [0.717, 1.165) is 11.1 Å². The van der Waals surface area contributed by atoms with Gasteiger partial charge in [-0.25, -0.2) is 0 Å². The Morgan fingerprint density at radius 3 is 2.12 bits per heavy atom. The molecule has 0 unspecified atom stereocenters. The molecule has 24 heavy (non-hydrogen) atoms. The third kappa shape index (κ3) is 2.69. The number of hydrogen-bond acceptors (Lipinski definition) is 4. The lowest BCUT2D eigenvalue weighted by molar-refractivity contribution is 1.06. The zero-order valence-corrected chi connectivity index (χ0v) is 13.3. The summed E-state index contributed by atoms with van der Waals surface area (Å²) in [6.07, 6.45) is 0. The van der Waals surface area contributed by atoms with Crippen molar-refractivity contribution < 1.29 is 0 Å². The zero-order chi connectivity index (χ0) is 17.1. The molecule has 0 aliphatic heterocycles. The number of H-pyrrole nitrogens is 1. The van der Waals surface area contributed by atoms with Crippen molar-refractivity contribution in [1.29, 1.82) is 10.5 Å². The molecular weight excluding hydrogens is 318 g/mol. The molecule has 0 spiro atoms. The Morgan fingerprint density at radius 1 is 0.833 bits per heavy atom. The van der Waals surface area contributed by atoms with Crippen LogP contribution in [0, 0.1) is 22.7 Å². The lowest BCUT2D eigenvalue weighted by atomic mass is 9.94. The maximum Gasteiger partial charge on any atom is 0.267 e. The second-order valence-corrected chi connectivity index (χ2v) is 5.55. The fourth-order valence-corrected chi connectivity index (χ4v) is 2.84. The van der Waals surface area contributed by atoms with Crippen LogP contribution in [-0.2, 0) is 0 Å². The molecule has 0 amide bonds. The topological polar surface area (TPSA) is 80.4 Å². The molecule has 1 aromatic heterocycles. The Labute approximate surface area is 144 Å². The third-order valence-corrected chi connectivity index (χ3v) is 4.01. The van der Waals surface area contributed by atoms with Gasteiger partial charge in [0.1, 0.15) is 17.7 Å². The summed E-state index contributed by atoms with van der Waals surface area (Å²) in [6, 6.07) is 21.1. The summed E-state index contributed by atoms with van der Waals surface area (Å²) in [6.45, 7) is 0. The van der Waals surface area contributed by atoms with Gasteiger partial charge < -0.3 is 4.98 Å². The van der Waals surface area contributed by atoms with E-state index in [4.69, 9.17) is 0 Å².